The second-order valence-electron chi connectivity index (χ2n) is 9.10. The summed E-state index contributed by atoms with van der Waals surface area (Å²) < 4.78 is 3.19. The lowest BCUT2D eigenvalue weighted by molar-refractivity contribution is -0.577. The third-order valence-corrected chi connectivity index (χ3v) is 7.17. The van der Waals surface area contributed by atoms with Crippen molar-refractivity contribution in [1.29, 1.82) is 0 Å². The van der Waals surface area contributed by atoms with Gasteiger partial charge in [0.15, 0.2) is 16.4 Å². The molecule has 4 aromatic heterocycles. The van der Waals surface area contributed by atoms with Crippen LogP contribution in [-0.4, -0.2) is 30.8 Å². The Balaban J connectivity index is 1.48. The molecule has 1 amide bonds. The Morgan fingerprint density at radius 1 is 1.12 bits per heavy atom. The van der Waals surface area contributed by atoms with Gasteiger partial charge in [0.25, 0.3) is 11.5 Å². The number of aromatic amines is 1. The second kappa shape index (κ2) is 10.1. The Morgan fingerprint density at radius 3 is 2.73 bits per heavy atom. The molecule has 1 unspecified atom stereocenters. The Bertz CT molecular complexity index is 2030. The van der Waals surface area contributed by atoms with Crippen LogP contribution < -0.4 is 21.1 Å². The summed E-state index contributed by atoms with van der Waals surface area (Å²) in [6, 6.07) is 17.9. The normalized spacial score (nSPS) is 11.8. The summed E-state index contributed by atoms with van der Waals surface area (Å²) in [7, 11) is 0. The number of nitrogens with zero attached hydrogens (tertiary/aromatic N) is 5. The van der Waals surface area contributed by atoms with Crippen LogP contribution >= 0.6 is 11.3 Å². The van der Waals surface area contributed by atoms with E-state index in [1.165, 1.54) is 11.3 Å². The van der Waals surface area contributed by atoms with Gasteiger partial charge in [-0.25, -0.2) is 5.10 Å². The number of nitrogens with one attached hydrogen (secondary N) is 2. The number of amides is 1. The Kier molecular flexibility index (Phi) is 6.30. The molecule has 6 rings (SSSR count). The van der Waals surface area contributed by atoms with E-state index in [1.807, 2.05) is 68.4 Å². The Labute approximate surface area is 232 Å². The molecule has 4 N–H and O–H groups in total. The van der Waals surface area contributed by atoms with Crippen molar-refractivity contribution in [3.63, 3.8) is 0 Å². The molecule has 11 heteroatoms. The maximum absolute atomic E-state index is 14.2. The quantitative estimate of drug-likeness (QED) is 0.229. The average Bonchev–Trinajstić information content (AvgIpc) is 3.53. The highest BCUT2D eigenvalue weighted by atomic mass is 32.1. The van der Waals surface area contributed by atoms with Gasteiger partial charge in [-0.05, 0) is 54.4 Å². The van der Waals surface area contributed by atoms with E-state index in [0.29, 0.717) is 38.4 Å². The highest BCUT2D eigenvalue weighted by Gasteiger charge is 2.27. The third-order valence-electron chi connectivity index (χ3n) is 6.42. The summed E-state index contributed by atoms with van der Waals surface area (Å²) in [5, 5.41) is 16.6. The van der Waals surface area contributed by atoms with Crippen LogP contribution in [-0.2, 0) is 0 Å². The molecule has 0 saturated heterocycles. The molecule has 4 heterocycles. The van der Waals surface area contributed by atoms with E-state index in [1.54, 1.807) is 27.5 Å². The number of hydrogen-bond acceptors (Lipinski definition) is 7. The maximum atomic E-state index is 14.2. The minimum absolute atomic E-state index is 0.191. The van der Waals surface area contributed by atoms with Crippen molar-refractivity contribution in [2.45, 2.75) is 19.9 Å². The van der Waals surface area contributed by atoms with Crippen molar-refractivity contribution in [3.8, 4) is 17.5 Å². The second-order valence-corrected chi connectivity index (χ2v) is 10.3. The van der Waals surface area contributed by atoms with Gasteiger partial charge < -0.3 is 11.1 Å². The lowest BCUT2D eigenvalue weighted by atomic mass is 10.0. The molecule has 6 aromatic rings. The van der Waals surface area contributed by atoms with Gasteiger partial charge in [-0.15, -0.1) is 14.7 Å². The fraction of sp³-hybridized carbons (Fsp3) is 0.103. The fourth-order valence-electron chi connectivity index (χ4n) is 4.64. The van der Waals surface area contributed by atoms with Crippen LogP contribution in [0.1, 0.15) is 44.6 Å². The van der Waals surface area contributed by atoms with Crippen LogP contribution in [0, 0.1) is 18.8 Å². The van der Waals surface area contributed by atoms with Gasteiger partial charge >= 0.3 is 5.65 Å². The Hall–Kier alpha value is -5.34. The number of aromatic nitrogens is 6. The van der Waals surface area contributed by atoms with Crippen LogP contribution in [0.2, 0.25) is 0 Å². The first-order valence-electron chi connectivity index (χ1n) is 12.4. The van der Waals surface area contributed by atoms with Crippen LogP contribution in [0.25, 0.3) is 22.1 Å². The van der Waals surface area contributed by atoms with Gasteiger partial charge in [-0.3, -0.25) is 14.2 Å². The lowest BCUT2D eigenvalue weighted by Gasteiger charge is -2.21. The number of pyridine rings is 1. The van der Waals surface area contributed by atoms with Gasteiger partial charge in [0.1, 0.15) is 17.4 Å². The highest BCUT2D eigenvalue weighted by molar-refractivity contribution is 7.11. The van der Waals surface area contributed by atoms with E-state index in [0.717, 1.165) is 5.01 Å². The molecule has 10 nitrogen and oxygen atoms in total. The highest BCUT2D eigenvalue weighted by Crippen LogP contribution is 2.24. The minimum Gasteiger partial charge on any atom is -0.382 e. The molecule has 0 fully saturated rings. The van der Waals surface area contributed by atoms with Crippen molar-refractivity contribution in [3.05, 3.63) is 110 Å². The SMILES string of the molecule is Cc1nnc(C#Cc2cccc3cc(C(C)NC(=O)c4c(N)[nH][n+]5cccnc45)n(-c4ccccc4)c(=O)c23)s1. The van der Waals surface area contributed by atoms with Gasteiger partial charge in [0.05, 0.1) is 11.4 Å². The maximum Gasteiger partial charge on any atom is 0.362 e. The zero-order valence-corrected chi connectivity index (χ0v) is 22.4. The zero-order chi connectivity index (χ0) is 27.8. The molecule has 0 aliphatic carbocycles. The summed E-state index contributed by atoms with van der Waals surface area (Å²) in [5.41, 5.74) is 8.35. The summed E-state index contributed by atoms with van der Waals surface area (Å²) in [4.78, 5) is 31.9. The summed E-state index contributed by atoms with van der Waals surface area (Å²) >= 11 is 1.39. The van der Waals surface area contributed by atoms with E-state index in [-0.39, 0.29) is 16.9 Å². The molecule has 0 aliphatic rings. The number of nitrogen functional groups attached to an aromatic ring is 1. The van der Waals surface area contributed by atoms with E-state index in [4.69, 9.17) is 5.73 Å². The van der Waals surface area contributed by atoms with Gasteiger partial charge in [0, 0.05) is 23.0 Å². The number of H-pyrrole nitrogens is 1. The molecule has 1 atom stereocenters. The number of hydrogen-bond donors (Lipinski definition) is 3. The molecule has 0 bridgehead atoms. The summed E-state index contributed by atoms with van der Waals surface area (Å²) in [6.07, 6.45) is 3.31. The number of rotatable bonds is 4. The smallest absolute Gasteiger partial charge is 0.362 e. The van der Waals surface area contributed by atoms with Crippen LogP contribution in [0.4, 0.5) is 5.82 Å². The first-order chi connectivity index (χ1) is 19.4. The number of nitrogens with two attached hydrogens (primary N) is 1. The van der Waals surface area contributed by atoms with Gasteiger partial charge in [0.2, 0.25) is 0 Å². The van der Waals surface area contributed by atoms with E-state index < -0.39 is 11.9 Å². The minimum atomic E-state index is -0.568. The van der Waals surface area contributed by atoms with Crippen molar-refractivity contribution in [2.24, 2.45) is 0 Å². The standard InChI is InChI=1S/C29H22N8O2S/c1-17(32-28(38)25-26(30)35-36-15-7-14-31-27(25)36)22-16-20-9-6-8-19(12-13-23-34-33-18(2)40-23)24(20)29(39)37(22)21-10-4-3-5-11-21/h3-11,14-17H,1-2H3,(H3,30,32,35,38)/p+1. The van der Waals surface area contributed by atoms with Crippen molar-refractivity contribution < 1.29 is 9.31 Å². The van der Waals surface area contributed by atoms with Crippen molar-refractivity contribution in [1.82, 2.24) is 30.2 Å². The number of aryl methyl sites for hydroxylation is 1. The van der Waals surface area contributed by atoms with Crippen molar-refractivity contribution in [2.75, 3.05) is 5.73 Å². The first-order valence-corrected chi connectivity index (χ1v) is 13.2. The Morgan fingerprint density at radius 2 is 1.95 bits per heavy atom. The number of carbonyl (C=O) groups is 1. The molecular formula is C29H23N8O2S+. The molecule has 40 heavy (non-hydrogen) atoms. The fourth-order valence-corrected chi connectivity index (χ4v) is 5.18. The molecule has 0 radical (unpaired) electrons. The number of benzene rings is 2. The molecule has 0 aliphatic heterocycles. The van der Waals surface area contributed by atoms with Gasteiger partial charge in [-0.2, -0.15) is 0 Å². The van der Waals surface area contributed by atoms with E-state index >= 15 is 0 Å². The number of anilines is 1. The predicted octanol–water partition coefficient (Wildman–Crippen LogP) is 3.09. The van der Waals surface area contributed by atoms with Crippen LogP contribution in [0.3, 0.4) is 0 Å². The number of para-hydroxylation sites is 1. The zero-order valence-electron chi connectivity index (χ0n) is 21.5. The van der Waals surface area contributed by atoms with Crippen LogP contribution in [0.15, 0.2) is 77.9 Å². The summed E-state index contributed by atoms with van der Waals surface area (Å²) in [5.74, 6) is 5.91. The van der Waals surface area contributed by atoms with Gasteiger partial charge in [-0.1, -0.05) is 47.6 Å². The van der Waals surface area contributed by atoms with Crippen LogP contribution in [0.5, 0.6) is 0 Å². The topological polar surface area (TPSA) is 136 Å². The molecule has 0 saturated carbocycles. The monoisotopic (exact) mass is 547 g/mol. The molecule has 0 spiro atoms. The number of fused-ring (bicyclic) bond motifs is 2. The average molecular weight is 548 g/mol. The molecule has 2 aromatic carbocycles. The predicted molar refractivity (Wildman–Crippen MR) is 152 cm³/mol. The largest absolute Gasteiger partial charge is 0.382 e. The third kappa shape index (κ3) is 4.46. The summed E-state index contributed by atoms with van der Waals surface area (Å²) in [6.45, 7) is 3.69. The van der Waals surface area contributed by atoms with E-state index in [2.05, 4.69) is 37.4 Å². The van der Waals surface area contributed by atoms with E-state index in [9.17, 15) is 9.59 Å². The van der Waals surface area contributed by atoms with Crippen molar-refractivity contribution >= 4 is 39.5 Å². The number of carbonyl (C=O) groups excluding carboxylic acids is 1. The lowest BCUT2D eigenvalue weighted by Crippen LogP contribution is -2.33. The molecule has 196 valence electrons. The molecular weight excluding hydrogens is 524 g/mol. The first kappa shape index (κ1) is 25.0.